The second kappa shape index (κ2) is 7.90. The van der Waals surface area contributed by atoms with Gasteiger partial charge in [0, 0.05) is 45.8 Å². The van der Waals surface area contributed by atoms with Crippen molar-refractivity contribution in [1.29, 1.82) is 0 Å². The fourth-order valence-corrected chi connectivity index (χ4v) is 3.16. The van der Waals surface area contributed by atoms with E-state index in [1.165, 1.54) is 11.1 Å². The van der Waals surface area contributed by atoms with Crippen molar-refractivity contribution >= 4 is 5.91 Å². The van der Waals surface area contributed by atoms with Crippen molar-refractivity contribution in [2.45, 2.75) is 13.5 Å². The lowest BCUT2D eigenvalue weighted by Gasteiger charge is -2.36. The summed E-state index contributed by atoms with van der Waals surface area (Å²) in [6.07, 6.45) is 0. The van der Waals surface area contributed by atoms with Gasteiger partial charge in [-0.05, 0) is 12.5 Å². The van der Waals surface area contributed by atoms with Gasteiger partial charge in [0.15, 0.2) is 0 Å². The highest BCUT2D eigenvalue weighted by atomic mass is 16.5. The lowest BCUT2D eigenvalue weighted by Crippen LogP contribution is -2.51. The third kappa shape index (κ3) is 4.77. The van der Waals surface area contributed by atoms with E-state index in [2.05, 4.69) is 41.0 Å². The van der Waals surface area contributed by atoms with Crippen molar-refractivity contribution in [2.24, 2.45) is 0 Å². The van der Waals surface area contributed by atoms with Crippen LogP contribution in [0.4, 0.5) is 0 Å². The van der Waals surface area contributed by atoms with E-state index >= 15 is 0 Å². The molecule has 2 fully saturated rings. The predicted octanol–water partition coefficient (Wildman–Crippen LogP) is 0.971. The van der Waals surface area contributed by atoms with E-state index < -0.39 is 0 Å². The highest BCUT2D eigenvalue weighted by Gasteiger charge is 2.23. The van der Waals surface area contributed by atoms with Gasteiger partial charge in [0.05, 0.1) is 19.8 Å². The SMILES string of the molecule is Cc1ccc(CN2CCN(C(=O)CN3CCOCC3)CC2)cc1. The molecule has 0 N–H and O–H groups in total. The molecule has 1 aromatic carbocycles. The molecule has 2 aliphatic heterocycles. The average Bonchev–Trinajstić information content (AvgIpc) is 2.58. The maximum atomic E-state index is 12.4. The van der Waals surface area contributed by atoms with Crippen LogP contribution >= 0.6 is 0 Å². The standard InChI is InChI=1S/C18H27N3O2/c1-16-2-4-17(5-3-16)14-19-6-8-21(9-7-19)18(22)15-20-10-12-23-13-11-20/h2-5H,6-15H2,1H3. The van der Waals surface area contributed by atoms with E-state index in [9.17, 15) is 4.79 Å². The first-order valence-electron chi connectivity index (χ1n) is 8.56. The molecule has 2 aliphatic rings. The number of piperazine rings is 1. The van der Waals surface area contributed by atoms with Crippen LogP contribution in [0.1, 0.15) is 11.1 Å². The molecular formula is C18H27N3O2. The first kappa shape index (κ1) is 16.4. The largest absolute Gasteiger partial charge is 0.379 e. The van der Waals surface area contributed by atoms with Gasteiger partial charge in [-0.3, -0.25) is 14.6 Å². The summed E-state index contributed by atoms with van der Waals surface area (Å²) in [7, 11) is 0. The van der Waals surface area contributed by atoms with E-state index in [0.29, 0.717) is 6.54 Å². The fourth-order valence-electron chi connectivity index (χ4n) is 3.16. The van der Waals surface area contributed by atoms with Crippen LogP contribution in [-0.2, 0) is 16.1 Å². The third-order valence-electron chi connectivity index (χ3n) is 4.71. The van der Waals surface area contributed by atoms with Crippen LogP contribution in [0.5, 0.6) is 0 Å². The molecule has 23 heavy (non-hydrogen) atoms. The third-order valence-corrected chi connectivity index (χ3v) is 4.71. The van der Waals surface area contributed by atoms with Crippen LogP contribution in [0, 0.1) is 6.92 Å². The Morgan fingerprint density at radius 3 is 2.26 bits per heavy atom. The van der Waals surface area contributed by atoms with Gasteiger partial charge < -0.3 is 9.64 Å². The number of ether oxygens (including phenoxy) is 1. The van der Waals surface area contributed by atoms with Gasteiger partial charge in [-0.2, -0.15) is 0 Å². The van der Waals surface area contributed by atoms with Gasteiger partial charge in [-0.1, -0.05) is 29.8 Å². The number of hydrogen-bond donors (Lipinski definition) is 0. The van der Waals surface area contributed by atoms with Crippen LogP contribution in [0.25, 0.3) is 0 Å². The Morgan fingerprint density at radius 2 is 1.61 bits per heavy atom. The van der Waals surface area contributed by atoms with Gasteiger partial charge in [-0.15, -0.1) is 0 Å². The molecule has 0 spiro atoms. The van der Waals surface area contributed by atoms with E-state index in [1.54, 1.807) is 0 Å². The minimum Gasteiger partial charge on any atom is -0.379 e. The summed E-state index contributed by atoms with van der Waals surface area (Å²) < 4.78 is 5.33. The number of hydrogen-bond acceptors (Lipinski definition) is 4. The van der Waals surface area contributed by atoms with Gasteiger partial charge >= 0.3 is 0 Å². The molecule has 0 saturated carbocycles. The highest BCUT2D eigenvalue weighted by Crippen LogP contribution is 2.10. The molecule has 0 unspecified atom stereocenters. The molecule has 0 aromatic heterocycles. The zero-order chi connectivity index (χ0) is 16.1. The van der Waals surface area contributed by atoms with Crippen LogP contribution < -0.4 is 0 Å². The molecule has 1 amide bonds. The molecule has 5 nitrogen and oxygen atoms in total. The van der Waals surface area contributed by atoms with Crippen molar-refractivity contribution < 1.29 is 9.53 Å². The number of benzene rings is 1. The summed E-state index contributed by atoms with van der Waals surface area (Å²) in [4.78, 5) is 19.0. The number of morpholine rings is 1. The summed E-state index contributed by atoms with van der Waals surface area (Å²) in [5, 5.41) is 0. The second-order valence-electron chi connectivity index (χ2n) is 6.53. The summed E-state index contributed by atoms with van der Waals surface area (Å²) in [6.45, 7) is 10.5. The van der Waals surface area contributed by atoms with Crippen molar-refractivity contribution in [3.05, 3.63) is 35.4 Å². The van der Waals surface area contributed by atoms with Gasteiger partial charge in [0.25, 0.3) is 0 Å². The molecule has 0 radical (unpaired) electrons. The summed E-state index contributed by atoms with van der Waals surface area (Å²) in [5.41, 5.74) is 2.65. The molecular weight excluding hydrogens is 290 g/mol. The Morgan fingerprint density at radius 1 is 0.957 bits per heavy atom. The van der Waals surface area contributed by atoms with E-state index in [4.69, 9.17) is 4.74 Å². The minimum atomic E-state index is 0.266. The van der Waals surface area contributed by atoms with Gasteiger partial charge in [0.2, 0.25) is 5.91 Å². The van der Waals surface area contributed by atoms with Crippen molar-refractivity contribution in [2.75, 3.05) is 59.0 Å². The fraction of sp³-hybridized carbons (Fsp3) is 0.611. The van der Waals surface area contributed by atoms with E-state index in [1.807, 2.05) is 4.90 Å². The van der Waals surface area contributed by atoms with E-state index in [0.717, 1.165) is 59.0 Å². The molecule has 3 rings (SSSR count). The monoisotopic (exact) mass is 317 g/mol. The quantitative estimate of drug-likeness (QED) is 0.829. The smallest absolute Gasteiger partial charge is 0.236 e. The molecule has 5 heteroatoms. The highest BCUT2D eigenvalue weighted by molar-refractivity contribution is 5.78. The molecule has 2 heterocycles. The van der Waals surface area contributed by atoms with Crippen LogP contribution in [0.15, 0.2) is 24.3 Å². The number of amides is 1. The normalized spacial score (nSPS) is 20.7. The molecule has 1 aromatic rings. The topological polar surface area (TPSA) is 36.0 Å². The van der Waals surface area contributed by atoms with Crippen LogP contribution in [0.3, 0.4) is 0 Å². The average molecular weight is 317 g/mol. The zero-order valence-electron chi connectivity index (χ0n) is 14.0. The number of nitrogens with zero attached hydrogens (tertiary/aromatic N) is 3. The van der Waals surface area contributed by atoms with Gasteiger partial charge in [0.1, 0.15) is 0 Å². The Hall–Kier alpha value is -1.43. The Balaban J connectivity index is 1.42. The molecule has 0 atom stereocenters. The molecule has 0 aliphatic carbocycles. The number of aryl methyl sites for hydroxylation is 1. The number of carbonyl (C=O) groups excluding carboxylic acids is 1. The van der Waals surface area contributed by atoms with Crippen molar-refractivity contribution in [3.63, 3.8) is 0 Å². The second-order valence-corrected chi connectivity index (χ2v) is 6.53. The number of rotatable bonds is 4. The lowest BCUT2D eigenvalue weighted by molar-refractivity contribution is -0.135. The Labute approximate surface area is 138 Å². The minimum absolute atomic E-state index is 0.266. The maximum absolute atomic E-state index is 12.4. The molecule has 2 saturated heterocycles. The summed E-state index contributed by atoms with van der Waals surface area (Å²) in [6, 6.07) is 8.73. The summed E-state index contributed by atoms with van der Waals surface area (Å²) in [5.74, 6) is 0.266. The van der Waals surface area contributed by atoms with Gasteiger partial charge in [-0.25, -0.2) is 0 Å². The van der Waals surface area contributed by atoms with Crippen molar-refractivity contribution in [3.8, 4) is 0 Å². The first-order chi connectivity index (χ1) is 11.2. The van der Waals surface area contributed by atoms with Crippen LogP contribution in [0.2, 0.25) is 0 Å². The maximum Gasteiger partial charge on any atom is 0.236 e. The Kier molecular flexibility index (Phi) is 5.65. The molecule has 126 valence electrons. The first-order valence-corrected chi connectivity index (χ1v) is 8.56. The Bertz CT molecular complexity index is 504. The lowest BCUT2D eigenvalue weighted by atomic mass is 10.1. The van der Waals surface area contributed by atoms with Crippen molar-refractivity contribution in [1.82, 2.24) is 14.7 Å². The summed E-state index contributed by atoms with van der Waals surface area (Å²) >= 11 is 0. The van der Waals surface area contributed by atoms with Crippen LogP contribution in [-0.4, -0.2) is 79.6 Å². The number of carbonyl (C=O) groups is 1. The molecule has 0 bridgehead atoms. The predicted molar refractivity (Wildman–Crippen MR) is 90.3 cm³/mol. The zero-order valence-corrected chi connectivity index (χ0v) is 14.0. The van der Waals surface area contributed by atoms with E-state index in [-0.39, 0.29) is 5.91 Å².